The number of benzene rings is 1. The Morgan fingerprint density at radius 2 is 1.58 bits per heavy atom. The number of phenols is 1. The van der Waals surface area contributed by atoms with Gasteiger partial charge in [-0.05, 0) is 117 Å². The van der Waals surface area contributed by atoms with E-state index in [-0.39, 0.29) is 30.5 Å². The summed E-state index contributed by atoms with van der Waals surface area (Å²) in [5, 5.41) is 41.7. The van der Waals surface area contributed by atoms with E-state index in [2.05, 4.69) is 37.7 Å². The molecule has 60 heavy (non-hydrogen) atoms. The van der Waals surface area contributed by atoms with Gasteiger partial charge in [-0.1, -0.05) is 32.9 Å². The van der Waals surface area contributed by atoms with Crippen molar-refractivity contribution in [2.24, 2.45) is 29.1 Å². The zero-order chi connectivity index (χ0) is 42.3. The van der Waals surface area contributed by atoms with Gasteiger partial charge in [-0.25, -0.2) is 14.8 Å². The Morgan fingerprint density at radius 1 is 0.917 bits per heavy atom. The van der Waals surface area contributed by atoms with Crippen molar-refractivity contribution in [2.75, 3.05) is 43.4 Å². The molecule has 5 atom stereocenters. The average Bonchev–Trinajstić information content (AvgIpc) is 3.74. The van der Waals surface area contributed by atoms with Gasteiger partial charge in [-0.2, -0.15) is 0 Å². The maximum atomic E-state index is 13.6. The number of anilines is 2. The summed E-state index contributed by atoms with van der Waals surface area (Å²) in [6.45, 7) is 9.32. The number of nitrogens with one attached hydrogen (secondary N) is 1. The summed E-state index contributed by atoms with van der Waals surface area (Å²) in [5.74, 6) is 1.50. The number of β-amino-alcohol motifs (C(OH)–C–C–N with tert-alkyl or cyclic N) is 1. The molecule has 3 aliphatic heterocycles. The second-order valence-electron chi connectivity index (χ2n) is 19.2. The molecule has 6 N–H and O–H groups in total. The number of nitrogens with two attached hydrogens (primary N) is 1. The lowest BCUT2D eigenvalue weighted by Gasteiger charge is -2.41. The third-order valence-electron chi connectivity index (χ3n) is 14.3. The van der Waals surface area contributed by atoms with E-state index in [1.165, 1.54) is 23.3 Å². The fourth-order valence-corrected chi connectivity index (χ4v) is 10.9. The number of nitrogens with zero attached hydrogens (tertiary/aromatic N) is 7. The summed E-state index contributed by atoms with van der Waals surface area (Å²) < 4.78 is 0. The quantitative estimate of drug-likeness (QED) is 0.194. The number of aliphatic hydroxyl groups is 1. The molecule has 2 saturated carbocycles. The maximum absolute atomic E-state index is 13.6. The Kier molecular flexibility index (Phi) is 12.0. The minimum Gasteiger partial charge on any atom is -0.507 e. The topological polar surface area (TPSA) is 211 Å². The van der Waals surface area contributed by atoms with Crippen LogP contribution in [0.25, 0.3) is 11.3 Å². The molecule has 15 heteroatoms. The Morgan fingerprint density at radius 3 is 2.22 bits per heavy atom. The van der Waals surface area contributed by atoms with Crippen molar-refractivity contribution >= 4 is 29.3 Å². The predicted octanol–water partition coefficient (Wildman–Crippen LogP) is 4.24. The first-order valence-electron chi connectivity index (χ1n) is 22.0. The molecule has 15 nitrogen and oxygen atoms in total. The molecular formula is C45H61N9O6. The SMILES string of the molecule is CC(C)(C)[C@H](NC(=O)[C@H]1CC[C@@H](N2CCC(c3cnc(CC4C5CCC4CN(c4cc(-c6ccccc6O)nnc4N)C5)nc3)CC2)CC1)C(=O)N1C[C@H](O)C[C@H]1C(=O)O. The number of aromatic hydroxyl groups is 1. The molecule has 3 aromatic rings. The number of amides is 2. The average molecular weight is 824 g/mol. The lowest BCUT2D eigenvalue weighted by molar-refractivity contribution is -0.151. The third kappa shape index (κ3) is 8.79. The molecule has 0 spiro atoms. The number of piperidine rings is 2. The minimum atomic E-state index is -1.15. The van der Waals surface area contributed by atoms with Crippen molar-refractivity contribution in [2.45, 2.75) is 115 Å². The van der Waals surface area contributed by atoms with Crippen molar-refractivity contribution in [3.8, 4) is 17.0 Å². The number of para-hydroxylation sites is 1. The maximum Gasteiger partial charge on any atom is 0.326 e. The van der Waals surface area contributed by atoms with Crippen molar-refractivity contribution in [1.29, 1.82) is 0 Å². The summed E-state index contributed by atoms with van der Waals surface area (Å²) in [4.78, 5) is 54.9. The van der Waals surface area contributed by atoms with Gasteiger partial charge in [0.15, 0.2) is 5.82 Å². The van der Waals surface area contributed by atoms with E-state index in [9.17, 15) is 29.7 Å². The molecule has 5 heterocycles. The van der Waals surface area contributed by atoms with Crippen molar-refractivity contribution in [1.82, 2.24) is 35.3 Å². The highest BCUT2D eigenvalue weighted by molar-refractivity contribution is 5.92. The zero-order valence-electron chi connectivity index (χ0n) is 35.1. The van der Waals surface area contributed by atoms with Crippen LogP contribution in [-0.4, -0.2) is 120 Å². The van der Waals surface area contributed by atoms with Gasteiger partial charge in [0.2, 0.25) is 11.8 Å². The molecule has 8 rings (SSSR count). The van der Waals surface area contributed by atoms with Crippen molar-refractivity contribution in [3.63, 3.8) is 0 Å². The number of carboxylic acid groups (broad SMARTS) is 1. The molecule has 3 saturated heterocycles. The number of carbonyl (C=O) groups is 3. The van der Waals surface area contributed by atoms with E-state index in [4.69, 9.17) is 15.7 Å². The van der Waals surface area contributed by atoms with Gasteiger partial charge < -0.3 is 41.1 Å². The molecule has 0 radical (unpaired) electrons. The lowest BCUT2D eigenvalue weighted by atomic mass is 9.81. The second-order valence-corrected chi connectivity index (χ2v) is 19.2. The number of carboxylic acids is 1. The van der Waals surface area contributed by atoms with Gasteiger partial charge in [0.05, 0.1) is 17.5 Å². The number of aromatic nitrogens is 4. The van der Waals surface area contributed by atoms with Crippen LogP contribution in [0.2, 0.25) is 0 Å². The summed E-state index contributed by atoms with van der Waals surface area (Å²) in [5.41, 5.74) is 9.06. The number of rotatable bonds is 10. The summed E-state index contributed by atoms with van der Waals surface area (Å²) in [6.07, 6.45) is 11.8. The van der Waals surface area contributed by atoms with Gasteiger partial charge in [-0.3, -0.25) is 9.59 Å². The summed E-state index contributed by atoms with van der Waals surface area (Å²) in [6, 6.07) is 7.55. The number of fused-ring (bicyclic) bond motifs is 2. The number of hydrogen-bond donors (Lipinski definition) is 5. The van der Waals surface area contributed by atoms with E-state index in [1.54, 1.807) is 12.1 Å². The highest BCUT2D eigenvalue weighted by atomic mass is 16.4. The van der Waals surface area contributed by atoms with Crippen LogP contribution in [0.3, 0.4) is 0 Å². The van der Waals surface area contributed by atoms with Gasteiger partial charge in [0, 0.05) is 62.4 Å². The van der Waals surface area contributed by atoms with Gasteiger partial charge in [0.25, 0.3) is 0 Å². The number of aliphatic hydroxyl groups excluding tert-OH is 1. The van der Waals surface area contributed by atoms with Crippen LogP contribution in [-0.2, 0) is 20.8 Å². The molecule has 5 aliphatic rings. The highest BCUT2D eigenvalue weighted by Crippen LogP contribution is 2.46. The first kappa shape index (κ1) is 41.8. The van der Waals surface area contributed by atoms with Crippen LogP contribution < -0.4 is 16.0 Å². The van der Waals surface area contributed by atoms with E-state index in [0.29, 0.717) is 46.8 Å². The van der Waals surface area contributed by atoms with E-state index in [0.717, 1.165) is 82.6 Å². The monoisotopic (exact) mass is 823 g/mol. The highest BCUT2D eigenvalue weighted by Gasteiger charge is 2.46. The molecule has 2 aromatic heterocycles. The standard InChI is InChI=1S/C45H61N9O6/c1-45(2,3)40(43(58)54-25-32(55)18-37(54)44(59)60)49-42(57)27-10-12-31(13-11-27)52-16-14-26(15-17-52)30-21-47-39(48-22-30)19-34-28-8-9-29(34)24-53(23-28)36-20-35(50-51-41(36)46)33-6-4-5-7-38(33)56/h4-7,20-22,26-29,31-32,34,37,40,55-56H,8-19,23-25H2,1-3H3,(H2,46,51)(H,49,57)(H,59,60)/t27-,28?,29?,31+,32-,34?,37+,40-/m1/s1. The van der Waals surface area contributed by atoms with Gasteiger partial charge >= 0.3 is 5.97 Å². The van der Waals surface area contributed by atoms with Gasteiger partial charge in [-0.15, -0.1) is 10.2 Å². The molecule has 5 fully saturated rings. The van der Waals surface area contributed by atoms with Crippen molar-refractivity contribution in [3.05, 3.63) is 54.1 Å². The molecule has 2 bridgehead atoms. The first-order chi connectivity index (χ1) is 28.7. The Bertz CT molecular complexity index is 2010. The number of hydrogen-bond acceptors (Lipinski definition) is 12. The zero-order valence-corrected chi connectivity index (χ0v) is 35.1. The van der Waals surface area contributed by atoms with Crippen LogP contribution in [0.15, 0.2) is 42.7 Å². The number of aliphatic carboxylic acids is 1. The lowest BCUT2D eigenvalue weighted by Crippen LogP contribution is -2.58. The van der Waals surface area contributed by atoms with Crippen molar-refractivity contribution < 1.29 is 29.7 Å². The largest absolute Gasteiger partial charge is 0.507 e. The second kappa shape index (κ2) is 17.2. The molecule has 2 aliphatic carbocycles. The predicted molar refractivity (Wildman–Crippen MR) is 226 cm³/mol. The normalized spacial score (nSPS) is 28.1. The molecule has 322 valence electrons. The van der Waals surface area contributed by atoms with Crippen LogP contribution in [0.5, 0.6) is 5.75 Å². The molecular weight excluding hydrogens is 763 g/mol. The number of nitrogen functional groups attached to an aromatic ring is 1. The fraction of sp³-hybridized carbons (Fsp3) is 0.622. The minimum absolute atomic E-state index is 0.00918. The molecule has 2 unspecified atom stereocenters. The fourth-order valence-electron chi connectivity index (χ4n) is 10.9. The number of carbonyl (C=O) groups excluding carboxylic acids is 2. The third-order valence-corrected chi connectivity index (χ3v) is 14.3. The Balaban J connectivity index is 0.798. The van der Waals surface area contributed by atoms with E-state index >= 15 is 0 Å². The van der Waals surface area contributed by atoms with Crippen LogP contribution >= 0.6 is 0 Å². The van der Waals surface area contributed by atoms with Crippen LogP contribution in [0.4, 0.5) is 11.5 Å². The van der Waals surface area contributed by atoms with Crippen LogP contribution in [0.1, 0.15) is 95.9 Å². The summed E-state index contributed by atoms with van der Waals surface area (Å²) >= 11 is 0. The first-order valence-corrected chi connectivity index (χ1v) is 22.0. The van der Waals surface area contributed by atoms with Gasteiger partial charge in [0.1, 0.15) is 23.7 Å². The Labute approximate surface area is 352 Å². The number of phenolic OH excluding ortho intramolecular Hbond substituents is 1. The smallest absolute Gasteiger partial charge is 0.326 e. The molecule has 1 aromatic carbocycles. The Hall–Kier alpha value is -4.89. The molecule has 2 amide bonds. The number of likely N-dealkylation sites (tertiary alicyclic amines) is 2. The van der Waals surface area contributed by atoms with E-state index in [1.807, 2.05) is 39.0 Å². The van der Waals surface area contributed by atoms with Crippen LogP contribution in [0, 0.1) is 29.1 Å². The summed E-state index contributed by atoms with van der Waals surface area (Å²) in [7, 11) is 0. The van der Waals surface area contributed by atoms with E-state index < -0.39 is 35.5 Å².